The fourth-order valence-electron chi connectivity index (χ4n) is 2.06. The third-order valence-electron chi connectivity index (χ3n) is 3.03. The van der Waals surface area contributed by atoms with E-state index in [-0.39, 0.29) is 0 Å². The molecule has 0 amide bonds. The molecule has 0 aliphatic heterocycles. The maximum absolute atomic E-state index is 11.2. The van der Waals surface area contributed by atoms with Crippen LogP contribution in [0.15, 0.2) is 30.3 Å². The van der Waals surface area contributed by atoms with E-state index in [1.165, 1.54) is 0 Å². The van der Waals surface area contributed by atoms with Gasteiger partial charge in [0.05, 0.1) is 15.6 Å². The molecular weight excluding hydrogens is 283 g/mol. The van der Waals surface area contributed by atoms with Gasteiger partial charge in [0.1, 0.15) is 0 Å². The molecule has 4 heteroatoms. The van der Waals surface area contributed by atoms with Crippen LogP contribution in [0.3, 0.4) is 0 Å². The van der Waals surface area contributed by atoms with Crippen molar-refractivity contribution in [1.82, 2.24) is 0 Å². The smallest absolute Gasteiger partial charge is 0.335 e. The highest BCUT2D eigenvalue weighted by Gasteiger charge is 2.12. The van der Waals surface area contributed by atoms with Crippen LogP contribution in [-0.2, 0) is 0 Å². The lowest BCUT2D eigenvalue weighted by Gasteiger charge is -2.11. The van der Waals surface area contributed by atoms with Crippen molar-refractivity contribution in [2.75, 3.05) is 0 Å². The summed E-state index contributed by atoms with van der Waals surface area (Å²) >= 11 is 11.9. The summed E-state index contributed by atoms with van der Waals surface area (Å²) in [6, 6.07) is 8.82. The van der Waals surface area contributed by atoms with E-state index in [1.807, 2.05) is 19.1 Å². The van der Waals surface area contributed by atoms with E-state index in [2.05, 4.69) is 0 Å². The number of carboxylic acids is 1. The molecule has 0 radical (unpaired) electrons. The van der Waals surface area contributed by atoms with E-state index in [9.17, 15) is 9.90 Å². The van der Waals surface area contributed by atoms with Gasteiger partial charge in [0.15, 0.2) is 0 Å². The van der Waals surface area contributed by atoms with Gasteiger partial charge < -0.3 is 5.11 Å². The molecule has 0 saturated heterocycles. The van der Waals surface area contributed by atoms with Gasteiger partial charge in [-0.25, -0.2) is 4.79 Å². The Balaban J connectivity index is 2.64. The van der Waals surface area contributed by atoms with E-state index in [4.69, 9.17) is 23.2 Å². The van der Waals surface area contributed by atoms with Crippen LogP contribution in [0.5, 0.6) is 0 Å². The molecule has 2 rings (SSSR count). The molecule has 0 fully saturated rings. The summed E-state index contributed by atoms with van der Waals surface area (Å²) in [6.07, 6.45) is 0. The number of aromatic carboxylic acids is 1. The van der Waals surface area contributed by atoms with E-state index in [0.717, 1.165) is 22.3 Å². The Morgan fingerprint density at radius 1 is 1.00 bits per heavy atom. The molecular formula is C15H12Cl2O2. The SMILES string of the molecule is Cc1cc(C)c(-c2ccc(Cl)c(Cl)c2)cc1C(=O)O. The molecule has 0 spiro atoms. The largest absolute Gasteiger partial charge is 0.478 e. The van der Waals surface area contributed by atoms with Crippen LogP contribution in [0.25, 0.3) is 11.1 Å². The summed E-state index contributed by atoms with van der Waals surface area (Å²) in [6.45, 7) is 3.73. The number of hydrogen-bond donors (Lipinski definition) is 1. The van der Waals surface area contributed by atoms with Crippen LogP contribution in [0, 0.1) is 13.8 Å². The van der Waals surface area contributed by atoms with Crippen molar-refractivity contribution < 1.29 is 9.90 Å². The summed E-state index contributed by atoms with van der Waals surface area (Å²) in [4.78, 5) is 11.2. The maximum atomic E-state index is 11.2. The Morgan fingerprint density at radius 2 is 1.68 bits per heavy atom. The number of benzene rings is 2. The predicted molar refractivity (Wildman–Crippen MR) is 78.3 cm³/mol. The molecule has 0 unspecified atom stereocenters. The highest BCUT2D eigenvalue weighted by Crippen LogP contribution is 2.31. The summed E-state index contributed by atoms with van der Waals surface area (Å²) < 4.78 is 0. The molecule has 19 heavy (non-hydrogen) atoms. The van der Waals surface area contributed by atoms with Crippen LogP contribution in [0.2, 0.25) is 10.0 Å². The Labute approximate surface area is 121 Å². The highest BCUT2D eigenvalue weighted by molar-refractivity contribution is 6.42. The molecule has 2 aromatic rings. The van der Waals surface area contributed by atoms with Gasteiger partial charge in [-0.15, -0.1) is 0 Å². The second kappa shape index (κ2) is 5.24. The topological polar surface area (TPSA) is 37.3 Å². The molecule has 0 saturated carbocycles. The van der Waals surface area contributed by atoms with Crippen molar-refractivity contribution in [1.29, 1.82) is 0 Å². The van der Waals surface area contributed by atoms with E-state index in [0.29, 0.717) is 15.6 Å². The first-order chi connectivity index (χ1) is 8.90. The summed E-state index contributed by atoms with van der Waals surface area (Å²) in [5, 5.41) is 10.1. The average molecular weight is 295 g/mol. The molecule has 2 nitrogen and oxygen atoms in total. The standard InChI is InChI=1S/C15H12Cl2O2/c1-8-5-9(2)12(15(18)19)7-11(8)10-3-4-13(16)14(17)6-10/h3-7H,1-2H3,(H,18,19). The number of hydrogen-bond acceptors (Lipinski definition) is 1. The average Bonchev–Trinajstić information content (AvgIpc) is 2.32. The zero-order valence-corrected chi connectivity index (χ0v) is 12.0. The van der Waals surface area contributed by atoms with Gasteiger partial charge in [-0.05, 0) is 54.3 Å². The number of carbonyl (C=O) groups is 1. The predicted octanol–water partition coefficient (Wildman–Crippen LogP) is 4.98. The molecule has 0 bridgehead atoms. The van der Waals surface area contributed by atoms with Gasteiger partial charge in [-0.1, -0.05) is 35.3 Å². The van der Waals surface area contributed by atoms with Crippen LogP contribution < -0.4 is 0 Å². The van der Waals surface area contributed by atoms with Crippen molar-refractivity contribution in [2.24, 2.45) is 0 Å². The van der Waals surface area contributed by atoms with Crippen LogP contribution in [-0.4, -0.2) is 11.1 Å². The quantitative estimate of drug-likeness (QED) is 0.848. The van der Waals surface area contributed by atoms with E-state index >= 15 is 0 Å². The lowest BCUT2D eigenvalue weighted by atomic mass is 9.95. The number of carboxylic acid groups (broad SMARTS) is 1. The first kappa shape index (κ1) is 13.9. The second-order valence-electron chi connectivity index (χ2n) is 4.42. The Hall–Kier alpha value is -1.51. The minimum absolute atomic E-state index is 0.298. The molecule has 0 atom stereocenters. The van der Waals surface area contributed by atoms with Gasteiger partial charge in [-0.2, -0.15) is 0 Å². The molecule has 0 aromatic heterocycles. The van der Waals surface area contributed by atoms with Gasteiger partial charge in [0.2, 0.25) is 0 Å². The van der Waals surface area contributed by atoms with Crippen molar-refractivity contribution in [3.05, 3.63) is 57.1 Å². The van der Waals surface area contributed by atoms with Crippen molar-refractivity contribution in [3.8, 4) is 11.1 Å². The maximum Gasteiger partial charge on any atom is 0.335 e. The molecule has 98 valence electrons. The van der Waals surface area contributed by atoms with Crippen molar-refractivity contribution in [3.63, 3.8) is 0 Å². The minimum Gasteiger partial charge on any atom is -0.478 e. The number of rotatable bonds is 2. The zero-order chi connectivity index (χ0) is 14.2. The molecule has 2 aromatic carbocycles. The molecule has 0 aliphatic carbocycles. The molecule has 0 heterocycles. The first-order valence-corrected chi connectivity index (χ1v) is 6.45. The zero-order valence-electron chi connectivity index (χ0n) is 10.5. The summed E-state index contributed by atoms with van der Waals surface area (Å²) in [7, 11) is 0. The van der Waals surface area contributed by atoms with Crippen molar-refractivity contribution in [2.45, 2.75) is 13.8 Å². The van der Waals surface area contributed by atoms with Crippen LogP contribution in [0.4, 0.5) is 0 Å². The van der Waals surface area contributed by atoms with Gasteiger partial charge >= 0.3 is 5.97 Å². The fraction of sp³-hybridized carbons (Fsp3) is 0.133. The Kier molecular flexibility index (Phi) is 3.83. The van der Waals surface area contributed by atoms with Crippen LogP contribution >= 0.6 is 23.2 Å². The van der Waals surface area contributed by atoms with Gasteiger partial charge in [0.25, 0.3) is 0 Å². The normalized spacial score (nSPS) is 10.5. The Morgan fingerprint density at radius 3 is 2.26 bits per heavy atom. The number of halogens is 2. The lowest BCUT2D eigenvalue weighted by Crippen LogP contribution is -2.01. The monoisotopic (exact) mass is 294 g/mol. The highest BCUT2D eigenvalue weighted by atomic mass is 35.5. The lowest BCUT2D eigenvalue weighted by molar-refractivity contribution is 0.0696. The molecule has 0 aliphatic rings. The number of aryl methyl sites for hydroxylation is 2. The minimum atomic E-state index is -0.932. The van der Waals surface area contributed by atoms with Gasteiger partial charge in [-0.3, -0.25) is 0 Å². The second-order valence-corrected chi connectivity index (χ2v) is 5.23. The van der Waals surface area contributed by atoms with Crippen LogP contribution in [0.1, 0.15) is 21.5 Å². The summed E-state index contributed by atoms with van der Waals surface area (Å²) in [5.41, 5.74) is 3.75. The van der Waals surface area contributed by atoms with Gasteiger partial charge in [0, 0.05) is 0 Å². The van der Waals surface area contributed by atoms with Crippen molar-refractivity contribution >= 4 is 29.2 Å². The third-order valence-corrected chi connectivity index (χ3v) is 3.77. The third kappa shape index (κ3) is 2.75. The summed E-state index contributed by atoms with van der Waals surface area (Å²) in [5.74, 6) is -0.932. The van der Waals surface area contributed by atoms with E-state index < -0.39 is 5.97 Å². The van der Waals surface area contributed by atoms with E-state index in [1.54, 1.807) is 25.1 Å². The fourth-order valence-corrected chi connectivity index (χ4v) is 2.36. The first-order valence-electron chi connectivity index (χ1n) is 5.70. The Bertz CT molecular complexity index is 663. The molecule has 1 N–H and O–H groups in total.